The van der Waals surface area contributed by atoms with Gasteiger partial charge in [0.2, 0.25) is 5.91 Å². The molecule has 1 rings (SSSR count). The predicted molar refractivity (Wildman–Crippen MR) is 125 cm³/mol. The fourth-order valence-electron chi connectivity index (χ4n) is 3.70. The van der Waals surface area contributed by atoms with Gasteiger partial charge in [0.25, 0.3) is 0 Å². The van der Waals surface area contributed by atoms with Gasteiger partial charge in [0, 0.05) is 27.7 Å². The van der Waals surface area contributed by atoms with Crippen molar-refractivity contribution in [3.63, 3.8) is 0 Å². The van der Waals surface area contributed by atoms with E-state index in [0.717, 1.165) is 34.8 Å². The van der Waals surface area contributed by atoms with E-state index in [1.165, 1.54) is 0 Å². The van der Waals surface area contributed by atoms with Crippen LogP contribution >= 0.6 is 0 Å². The average Bonchev–Trinajstić information content (AvgIpc) is 2.80. The molecule has 0 aliphatic carbocycles. The third-order valence-corrected chi connectivity index (χ3v) is 5.27. The first-order valence-corrected chi connectivity index (χ1v) is 11.8. The molecule has 0 spiro atoms. The van der Waals surface area contributed by atoms with Crippen LogP contribution in [-0.4, -0.2) is 104 Å². The first-order valence-electron chi connectivity index (χ1n) is 11.8. The molecule has 7 atom stereocenters. The van der Waals surface area contributed by atoms with E-state index in [1.807, 2.05) is 0 Å². The molecule has 0 radical (unpaired) electrons. The average molecular weight is 549 g/mol. The SMILES string of the molecule is COC(=O)[C@H](CO)N[C@H](C(=O)N[C@@H]1O[C@H](COC(C)=O)[C@@H](OC(C)=O)[C@H](OC(C)=O)[C@H]1OC(C)=O)C(C)C. The number of rotatable bonds is 12. The molecule has 1 fully saturated rings. The molecule has 1 saturated heterocycles. The van der Waals surface area contributed by atoms with Crippen LogP contribution in [0.25, 0.3) is 0 Å². The number of nitrogens with one attached hydrogen (secondary N) is 2. The standard InChI is InChI=1S/C23H36N2O13/c1-10(2)17(24-15(8-26)23(32)33-7)21(31)25-22-20(37-14(6)30)19(36-13(5)29)18(35-12(4)28)16(38-22)9-34-11(3)27/h10,15-20,22,24,26H,8-9H2,1-7H3,(H,25,31)/t15-,16+,17-,18+,19-,20+,22+/m0/s1. The molecule has 3 N–H and O–H groups in total. The number of aliphatic hydroxyl groups is 1. The van der Waals surface area contributed by atoms with E-state index in [1.54, 1.807) is 13.8 Å². The summed E-state index contributed by atoms with van der Waals surface area (Å²) in [5, 5.41) is 14.8. The van der Waals surface area contributed by atoms with Crippen LogP contribution in [0.4, 0.5) is 0 Å². The monoisotopic (exact) mass is 548 g/mol. The van der Waals surface area contributed by atoms with E-state index in [0.29, 0.717) is 0 Å². The number of amides is 1. The van der Waals surface area contributed by atoms with E-state index >= 15 is 0 Å². The molecule has 1 amide bonds. The Balaban J connectivity index is 3.42. The summed E-state index contributed by atoms with van der Waals surface area (Å²) in [5.74, 6) is -5.13. The highest BCUT2D eigenvalue weighted by Gasteiger charge is 2.53. The van der Waals surface area contributed by atoms with Crippen molar-refractivity contribution >= 4 is 35.8 Å². The fraction of sp³-hybridized carbons (Fsp3) is 0.739. The summed E-state index contributed by atoms with van der Waals surface area (Å²) in [6.07, 6.45) is -7.09. The first kappa shape index (κ1) is 32.7. The molecule has 15 nitrogen and oxygen atoms in total. The summed E-state index contributed by atoms with van der Waals surface area (Å²) in [5.41, 5.74) is 0. The highest BCUT2D eigenvalue weighted by Crippen LogP contribution is 2.28. The summed E-state index contributed by atoms with van der Waals surface area (Å²) >= 11 is 0. The Morgan fingerprint density at radius 3 is 1.82 bits per heavy atom. The summed E-state index contributed by atoms with van der Waals surface area (Å²) in [6, 6.07) is -2.31. The van der Waals surface area contributed by atoms with E-state index in [4.69, 9.17) is 23.7 Å². The molecular formula is C23H36N2O13. The third-order valence-electron chi connectivity index (χ3n) is 5.27. The summed E-state index contributed by atoms with van der Waals surface area (Å²) in [7, 11) is 1.12. The summed E-state index contributed by atoms with van der Waals surface area (Å²) in [6.45, 7) is 6.54. The van der Waals surface area contributed by atoms with Gasteiger partial charge in [-0.1, -0.05) is 13.8 Å². The highest BCUT2D eigenvalue weighted by atomic mass is 16.7. The molecule has 0 aromatic rings. The maximum atomic E-state index is 13.3. The third kappa shape index (κ3) is 9.87. The zero-order valence-electron chi connectivity index (χ0n) is 22.4. The van der Waals surface area contributed by atoms with Gasteiger partial charge < -0.3 is 38.8 Å². The number of carbonyl (C=O) groups excluding carboxylic acids is 6. The van der Waals surface area contributed by atoms with Crippen molar-refractivity contribution in [1.82, 2.24) is 10.6 Å². The van der Waals surface area contributed by atoms with Crippen molar-refractivity contribution in [3.05, 3.63) is 0 Å². The lowest BCUT2D eigenvalue weighted by Gasteiger charge is -2.44. The van der Waals surface area contributed by atoms with Gasteiger partial charge >= 0.3 is 29.8 Å². The Morgan fingerprint density at radius 2 is 1.37 bits per heavy atom. The van der Waals surface area contributed by atoms with Crippen LogP contribution in [0.1, 0.15) is 41.5 Å². The molecule has 1 aliphatic rings. The largest absolute Gasteiger partial charge is 0.468 e. The van der Waals surface area contributed by atoms with Gasteiger partial charge in [0.15, 0.2) is 24.5 Å². The van der Waals surface area contributed by atoms with Crippen LogP contribution in [0.5, 0.6) is 0 Å². The molecule has 0 aromatic carbocycles. The maximum Gasteiger partial charge on any atom is 0.325 e. The minimum absolute atomic E-state index is 0.431. The second kappa shape index (κ2) is 15.2. The molecule has 0 aromatic heterocycles. The zero-order valence-corrected chi connectivity index (χ0v) is 22.4. The maximum absolute atomic E-state index is 13.3. The molecule has 0 saturated carbocycles. The zero-order chi connectivity index (χ0) is 29.2. The Bertz CT molecular complexity index is 877. The Hall–Kier alpha value is -3.30. The van der Waals surface area contributed by atoms with Crippen molar-refractivity contribution in [2.75, 3.05) is 20.3 Å². The van der Waals surface area contributed by atoms with Gasteiger partial charge in [0.1, 0.15) is 18.8 Å². The molecular weight excluding hydrogens is 512 g/mol. The summed E-state index contributed by atoms with van der Waals surface area (Å²) in [4.78, 5) is 72.4. The first-order chi connectivity index (χ1) is 17.7. The molecule has 15 heteroatoms. The lowest BCUT2D eigenvalue weighted by molar-refractivity contribution is -0.257. The van der Waals surface area contributed by atoms with Crippen molar-refractivity contribution in [2.45, 2.75) is 84.3 Å². The van der Waals surface area contributed by atoms with E-state index in [9.17, 15) is 33.9 Å². The number of esters is 5. The van der Waals surface area contributed by atoms with Crippen LogP contribution in [0.2, 0.25) is 0 Å². The molecule has 1 aliphatic heterocycles. The van der Waals surface area contributed by atoms with Crippen LogP contribution in [0, 0.1) is 5.92 Å². The van der Waals surface area contributed by atoms with Crippen molar-refractivity contribution in [1.29, 1.82) is 0 Å². The number of hydrogen-bond donors (Lipinski definition) is 3. The minimum Gasteiger partial charge on any atom is -0.468 e. The van der Waals surface area contributed by atoms with Crippen LogP contribution < -0.4 is 10.6 Å². The number of carbonyl (C=O) groups is 6. The highest BCUT2D eigenvalue weighted by molar-refractivity contribution is 5.84. The smallest absolute Gasteiger partial charge is 0.325 e. The number of aliphatic hydroxyl groups excluding tert-OH is 1. The van der Waals surface area contributed by atoms with Crippen molar-refractivity contribution in [2.24, 2.45) is 5.92 Å². The predicted octanol–water partition coefficient (Wildman–Crippen LogP) is -1.67. The Kier molecular flexibility index (Phi) is 13.1. The molecule has 216 valence electrons. The van der Waals surface area contributed by atoms with Crippen LogP contribution in [0.15, 0.2) is 0 Å². The second-order valence-corrected chi connectivity index (χ2v) is 8.78. The van der Waals surface area contributed by atoms with Gasteiger partial charge in [-0.2, -0.15) is 0 Å². The van der Waals surface area contributed by atoms with Crippen LogP contribution in [-0.2, 0) is 57.2 Å². The lowest BCUT2D eigenvalue weighted by atomic mass is 9.96. The quantitative estimate of drug-likeness (QED) is 0.184. The summed E-state index contributed by atoms with van der Waals surface area (Å²) < 4.78 is 31.4. The normalized spacial score (nSPS) is 24.4. The van der Waals surface area contributed by atoms with Gasteiger partial charge in [0.05, 0.1) is 19.8 Å². The fourth-order valence-corrected chi connectivity index (χ4v) is 3.70. The van der Waals surface area contributed by atoms with E-state index in [-0.39, 0.29) is 0 Å². The minimum atomic E-state index is -1.50. The topological polar surface area (TPSA) is 202 Å². The molecule has 38 heavy (non-hydrogen) atoms. The Morgan fingerprint density at radius 1 is 0.842 bits per heavy atom. The van der Waals surface area contributed by atoms with Gasteiger partial charge in [-0.05, 0) is 5.92 Å². The number of methoxy groups -OCH3 is 1. The molecule has 0 unspecified atom stereocenters. The van der Waals surface area contributed by atoms with Crippen molar-refractivity contribution in [3.8, 4) is 0 Å². The lowest BCUT2D eigenvalue weighted by Crippen LogP contribution is -2.67. The van der Waals surface area contributed by atoms with Gasteiger partial charge in [-0.3, -0.25) is 34.1 Å². The number of hydrogen-bond acceptors (Lipinski definition) is 14. The van der Waals surface area contributed by atoms with Crippen LogP contribution in [0.3, 0.4) is 0 Å². The number of ether oxygens (including phenoxy) is 6. The Labute approximate surface area is 219 Å². The molecule has 1 heterocycles. The van der Waals surface area contributed by atoms with Gasteiger partial charge in [-0.15, -0.1) is 0 Å². The van der Waals surface area contributed by atoms with E-state index < -0.39 is 97.6 Å². The van der Waals surface area contributed by atoms with Crippen molar-refractivity contribution < 1.29 is 62.3 Å². The van der Waals surface area contributed by atoms with Gasteiger partial charge in [-0.25, -0.2) is 0 Å². The molecule has 0 bridgehead atoms. The second-order valence-electron chi connectivity index (χ2n) is 8.78. The van der Waals surface area contributed by atoms with E-state index in [2.05, 4.69) is 15.4 Å².